The molecule has 0 saturated heterocycles. The van der Waals surface area contributed by atoms with Crippen molar-refractivity contribution in [1.29, 1.82) is 0 Å². The molecule has 0 spiro atoms. The van der Waals surface area contributed by atoms with Gasteiger partial charge in [-0.05, 0) is 28.1 Å². The molecule has 0 fully saturated rings. The average Bonchev–Trinajstić information content (AvgIpc) is 2.18. The average molecular weight is 277 g/mol. The van der Waals surface area contributed by atoms with Gasteiger partial charge in [0.15, 0.2) is 5.52 Å². The Hall–Kier alpha value is -1.37. The third kappa shape index (κ3) is 1.87. The fourth-order valence-electron chi connectivity index (χ4n) is 1.05. The van der Waals surface area contributed by atoms with E-state index in [2.05, 4.69) is 30.3 Å². The largest absolute Gasteiger partial charge is 0.400 e. The Bertz CT molecular complexity index is 570. The summed E-state index contributed by atoms with van der Waals surface area (Å²) in [6.07, 6.45) is -2.91. The number of fused-ring (bicyclic) bond motifs is 1. The Balaban J connectivity index is 2.79. The molecule has 0 saturated carbocycles. The molecule has 2 heterocycles. The molecule has 2 aromatic heterocycles. The topological polar surface area (TPSA) is 56.0 Å². The molecule has 0 aliphatic heterocycles. The zero-order valence-corrected chi connectivity index (χ0v) is 8.66. The van der Waals surface area contributed by atoms with E-state index in [0.29, 0.717) is 4.60 Å². The molecule has 15 heavy (non-hydrogen) atoms. The van der Waals surface area contributed by atoms with Gasteiger partial charge in [-0.15, -0.1) is 0 Å². The first-order valence-corrected chi connectivity index (χ1v) is 4.62. The maximum Gasteiger partial charge on any atom is 0.365 e. The van der Waals surface area contributed by atoms with E-state index >= 15 is 0 Å². The summed E-state index contributed by atoms with van der Waals surface area (Å²) >= 11 is 3.05. The smallest absolute Gasteiger partial charge is 0.365 e. The Morgan fingerprint density at radius 2 is 2.07 bits per heavy atom. The highest BCUT2D eigenvalue weighted by Gasteiger charge is 2.15. The monoisotopic (exact) mass is 276 g/mol. The van der Waals surface area contributed by atoms with Crippen molar-refractivity contribution in [3.05, 3.63) is 33.0 Å². The highest BCUT2D eigenvalue weighted by atomic mass is 79.9. The minimum absolute atomic E-state index is 0.0752. The fourth-order valence-corrected chi connectivity index (χ4v) is 1.36. The predicted molar refractivity (Wildman–Crippen MR) is 50.7 cm³/mol. The lowest BCUT2D eigenvalue weighted by molar-refractivity contribution is 0.110. The fraction of sp³-hybridized carbons (Fsp3) is 0.125. The molecule has 0 atom stereocenters. The highest BCUT2D eigenvalue weighted by Crippen LogP contribution is 2.17. The van der Waals surface area contributed by atoms with Gasteiger partial charge in [0.25, 0.3) is 5.89 Å². The standard InChI is InChI=1S/C8H3BrF2N2O2/c9-4-2-1-3-5(13-4)8(14)15-7(12-3)6(10)11/h1-2,6H. The number of nitrogens with zero attached hydrogens (tertiary/aromatic N) is 2. The van der Waals surface area contributed by atoms with E-state index in [-0.39, 0.29) is 11.0 Å². The van der Waals surface area contributed by atoms with Crippen molar-refractivity contribution < 1.29 is 13.2 Å². The molecule has 0 N–H and O–H groups in total. The lowest BCUT2D eigenvalue weighted by Gasteiger charge is -1.99. The first-order chi connectivity index (χ1) is 7.08. The SMILES string of the molecule is O=c1oc(C(F)F)nc2ccc(Br)nc12. The summed E-state index contributed by atoms with van der Waals surface area (Å²) in [5.41, 5.74) is -0.907. The van der Waals surface area contributed by atoms with Crippen molar-refractivity contribution in [2.75, 3.05) is 0 Å². The summed E-state index contributed by atoms with van der Waals surface area (Å²) in [6.45, 7) is 0. The number of hydrogen-bond acceptors (Lipinski definition) is 4. The van der Waals surface area contributed by atoms with Gasteiger partial charge >= 0.3 is 12.1 Å². The predicted octanol–water partition coefficient (Wildman–Crippen LogP) is 2.28. The van der Waals surface area contributed by atoms with Crippen LogP contribution in [-0.4, -0.2) is 9.97 Å². The minimum atomic E-state index is -2.91. The van der Waals surface area contributed by atoms with E-state index in [4.69, 9.17) is 0 Å². The van der Waals surface area contributed by atoms with Crippen molar-refractivity contribution >= 4 is 27.0 Å². The van der Waals surface area contributed by atoms with E-state index in [0.717, 1.165) is 0 Å². The Morgan fingerprint density at radius 1 is 1.33 bits per heavy atom. The zero-order valence-electron chi connectivity index (χ0n) is 7.08. The molecule has 0 aliphatic carbocycles. The summed E-state index contributed by atoms with van der Waals surface area (Å²) in [5.74, 6) is -0.892. The van der Waals surface area contributed by atoms with Crippen LogP contribution in [0.3, 0.4) is 0 Å². The molecule has 2 aromatic rings. The van der Waals surface area contributed by atoms with Gasteiger partial charge in [-0.2, -0.15) is 8.78 Å². The van der Waals surface area contributed by atoms with Crippen LogP contribution in [0.5, 0.6) is 0 Å². The number of halogens is 3. The van der Waals surface area contributed by atoms with Crippen LogP contribution < -0.4 is 5.63 Å². The van der Waals surface area contributed by atoms with Crippen molar-refractivity contribution in [2.24, 2.45) is 0 Å². The summed E-state index contributed by atoms with van der Waals surface area (Å²) in [6, 6.07) is 2.92. The molecular formula is C8H3BrF2N2O2. The molecular weight excluding hydrogens is 274 g/mol. The highest BCUT2D eigenvalue weighted by molar-refractivity contribution is 9.10. The second-order valence-electron chi connectivity index (χ2n) is 2.64. The molecule has 0 unspecified atom stereocenters. The van der Waals surface area contributed by atoms with Crippen LogP contribution in [0.2, 0.25) is 0 Å². The second-order valence-corrected chi connectivity index (χ2v) is 3.45. The van der Waals surface area contributed by atoms with Gasteiger partial charge < -0.3 is 4.42 Å². The lowest BCUT2D eigenvalue weighted by Crippen LogP contribution is -2.07. The van der Waals surface area contributed by atoms with Crippen LogP contribution in [0, 0.1) is 0 Å². The maximum absolute atomic E-state index is 12.2. The van der Waals surface area contributed by atoms with Crippen molar-refractivity contribution in [2.45, 2.75) is 6.43 Å². The van der Waals surface area contributed by atoms with E-state index in [9.17, 15) is 13.6 Å². The van der Waals surface area contributed by atoms with Crippen LogP contribution in [0.25, 0.3) is 11.0 Å². The number of pyridine rings is 1. The quantitative estimate of drug-likeness (QED) is 0.750. The van der Waals surface area contributed by atoms with Crippen molar-refractivity contribution in [3.8, 4) is 0 Å². The van der Waals surface area contributed by atoms with Gasteiger partial charge in [-0.25, -0.2) is 14.8 Å². The van der Waals surface area contributed by atoms with Gasteiger partial charge in [-0.3, -0.25) is 0 Å². The number of alkyl halides is 2. The number of rotatable bonds is 1. The van der Waals surface area contributed by atoms with E-state index < -0.39 is 17.9 Å². The lowest BCUT2D eigenvalue weighted by atomic mass is 10.4. The third-order valence-electron chi connectivity index (χ3n) is 1.65. The van der Waals surface area contributed by atoms with Crippen molar-refractivity contribution in [3.63, 3.8) is 0 Å². The van der Waals surface area contributed by atoms with E-state index in [1.165, 1.54) is 12.1 Å². The molecule has 0 amide bonds. The summed E-state index contributed by atoms with van der Waals surface area (Å²) in [5, 5.41) is 0. The van der Waals surface area contributed by atoms with Gasteiger partial charge in [0.2, 0.25) is 0 Å². The summed E-state index contributed by atoms with van der Waals surface area (Å²) in [4.78, 5) is 18.5. The molecule has 2 rings (SSSR count). The molecule has 0 radical (unpaired) electrons. The van der Waals surface area contributed by atoms with E-state index in [1.807, 2.05) is 0 Å². The molecule has 0 aromatic carbocycles. The van der Waals surface area contributed by atoms with Gasteiger partial charge in [0.1, 0.15) is 10.1 Å². The number of hydrogen-bond donors (Lipinski definition) is 0. The second kappa shape index (κ2) is 3.65. The first kappa shape index (κ1) is 10.2. The molecule has 4 nitrogen and oxygen atoms in total. The Morgan fingerprint density at radius 3 is 2.73 bits per heavy atom. The third-order valence-corrected chi connectivity index (χ3v) is 2.09. The van der Waals surface area contributed by atoms with Gasteiger partial charge in [0.05, 0.1) is 0 Å². The van der Waals surface area contributed by atoms with Crippen LogP contribution in [0.4, 0.5) is 8.78 Å². The summed E-state index contributed by atoms with van der Waals surface area (Å²) < 4.78 is 29.2. The molecule has 0 bridgehead atoms. The summed E-state index contributed by atoms with van der Waals surface area (Å²) in [7, 11) is 0. The molecule has 7 heteroatoms. The maximum atomic E-state index is 12.2. The van der Waals surface area contributed by atoms with Crippen LogP contribution in [-0.2, 0) is 0 Å². The minimum Gasteiger partial charge on any atom is -0.400 e. The normalized spacial score (nSPS) is 11.2. The van der Waals surface area contributed by atoms with E-state index in [1.54, 1.807) is 0 Å². The zero-order chi connectivity index (χ0) is 11.0. The first-order valence-electron chi connectivity index (χ1n) is 3.83. The van der Waals surface area contributed by atoms with Crippen LogP contribution in [0.1, 0.15) is 12.3 Å². The Kier molecular flexibility index (Phi) is 2.47. The van der Waals surface area contributed by atoms with Gasteiger partial charge in [-0.1, -0.05) is 0 Å². The van der Waals surface area contributed by atoms with Crippen LogP contribution >= 0.6 is 15.9 Å². The van der Waals surface area contributed by atoms with Crippen molar-refractivity contribution in [1.82, 2.24) is 9.97 Å². The van der Waals surface area contributed by atoms with Gasteiger partial charge in [0, 0.05) is 0 Å². The van der Waals surface area contributed by atoms with Crippen LogP contribution in [0.15, 0.2) is 25.9 Å². The molecule has 78 valence electrons. The Labute approximate surface area is 90.1 Å². The number of aromatic nitrogens is 2. The molecule has 0 aliphatic rings.